The van der Waals surface area contributed by atoms with Crippen molar-refractivity contribution >= 4 is 11.8 Å². The second-order valence-electron chi connectivity index (χ2n) is 24.1. The van der Waals surface area contributed by atoms with Gasteiger partial charge in [-0.2, -0.15) is 0 Å². The van der Waals surface area contributed by atoms with Gasteiger partial charge in [0.05, 0.1) is 36.6 Å². The maximum Gasteiger partial charge on any atom is 0.220 e. The van der Waals surface area contributed by atoms with Crippen molar-refractivity contribution in [2.24, 2.45) is 92.7 Å². The first-order valence-corrected chi connectivity index (χ1v) is 25.5. The molecule has 0 spiro atoms. The molecule has 8 saturated carbocycles. The molecule has 0 aliphatic heterocycles. The van der Waals surface area contributed by atoms with Crippen molar-refractivity contribution < 1.29 is 40.2 Å². The van der Waals surface area contributed by atoms with E-state index >= 15 is 0 Å². The van der Waals surface area contributed by atoms with Gasteiger partial charge in [0.2, 0.25) is 11.8 Å². The molecular formula is C51H86N2O8. The number of carbonyl (C=O) groups excluding carboxylic acids is 2. The van der Waals surface area contributed by atoms with Gasteiger partial charge in [-0.3, -0.25) is 9.59 Å². The molecule has 2 amide bonds. The molecule has 61 heavy (non-hydrogen) atoms. The Morgan fingerprint density at radius 1 is 0.541 bits per heavy atom. The summed E-state index contributed by atoms with van der Waals surface area (Å²) in [7, 11) is 0. The Labute approximate surface area is 367 Å². The quantitative estimate of drug-likeness (QED) is 0.105. The first kappa shape index (κ1) is 46.2. The standard InChI is InChI=1S/C51H86N2O8/c1-28(34-10-12-36-46-38(26-42(58)50(34,36)5)48(3)18-16-32(54)22-30(48)24-40(46)56)8-14-44(60)52-20-7-21-53-45(61)15-9-29(2)35-11-13-37-47-39(27-43(59)51(35,37)6)49(4)19-17-33(55)23-31(49)25-41(47)57/h28-43,46-47,54-59H,7-27H2,1-6H3,(H,52,60)(H,53,61)/t28-,29-,30+,31+,32-,33-,34-,35-,36+,37+,38+,39+,40-,41-,42+,43+,46+,47+,48+,49+,50-,51-/m1/s1. The van der Waals surface area contributed by atoms with Crippen LogP contribution < -0.4 is 10.6 Å². The number of amides is 2. The zero-order valence-corrected chi connectivity index (χ0v) is 38.7. The normalized spacial score (nSPS) is 51.1. The Kier molecular flexibility index (Phi) is 13.3. The van der Waals surface area contributed by atoms with Crippen molar-refractivity contribution in [3.8, 4) is 0 Å². The molecule has 8 fully saturated rings. The van der Waals surface area contributed by atoms with Gasteiger partial charge in [0.1, 0.15) is 0 Å². The van der Waals surface area contributed by atoms with Gasteiger partial charge in [0.25, 0.3) is 0 Å². The summed E-state index contributed by atoms with van der Waals surface area (Å²) in [5, 5.41) is 74.0. The van der Waals surface area contributed by atoms with Crippen LogP contribution in [-0.2, 0) is 9.59 Å². The number of rotatable bonds is 12. The number of fused-ring (bicyclic) bond motifs is 10. The van der Waals surface area contributed by atoms with E-state index in [1.165, 1.54) is 0 Å². The average Bonchev–Trinajstić information content (AvgIpc) is 3.76. The summed E-state index contributed by atoms with van der Waals surface area (Å²) in [5.74, 6) is 3.33. The van der Waals surface area contributed by atoms with E-state index in [1.807, 2.05) is 0 Å². The molecule has 0 aromatic carbocycles. The summed E-state index contributed by atoms with van der Waals surface area (Å²) in [4.78, 5) is 26.0. The van der Waals surface area contributed by atoms with Crippen molar-refractivity contribution in [3.05, 3.63) is 0 Å². The van der Waals surface area contributed by atoms with E-state index in [-0.39, 0.29) is 105 Å². The Morgan fingerprint density at radius 2 is 0.934 bits per heavy atom. The topological polar surface area (TPSA) is 180 Å². The second kappa shape index (κ2) is 17.5. The van der Waals surface area contributed by atoms with Crippen molar-refractivity contribution in [1.29, 1.82) is 0 Å². The van der Waals surface area contributed by atoms with Gasteiger partial charge in [0.15, 0.2) is 0 Å². The van der Waals surface area contributed by atoms with Gasteiger partial charge >= 0.3 is 0 Å². The minimum atomic E-state index is -0.427. The minimum absolute atomic E-state index is 0.0314. The van der Waals surface area contributed by atoms with Crippen LogP contribution in [0.25, 0.3) is 0 Å². The maximum atomic E-state index is 13.0. The van der Waals surface area contributed by atoms with E-state index in [0.29, 0.717) is 56.0 Å². The van der Waals surface area contributed by atoms with Crippen molar-refractivity contribution in [2.75, 3.05) is 13.1 Å². The molecule has 10 nitrogen and oxygen atoms in total. The highest BCUT2D eigenvalue weighted by Gasteiger charge is 2.67. The van der Waals surface area contributed by atoms with Crippen molar-refractivity contribution in [3.63, 3.8) is 0 Å². The lowest BCUT2D eigenvalue weighted by Crippen LogP contribution is -2.62. The van der Waals surface area contributed by atoms with E-state index in [2.05, 4.69) is 52.2 Å². The molecule has 8 aliphatic carbocycles. The van der Waals surface area contributed by atoms with E-state index in [1.54, 1.807) is 0 Å². The van der Waals surface area contributed by atoms with Gasteiger partial charge in [0, 0.05) is 25.9 Å². The first-order valence-electron chi connectivity index (χ1n) is 25.5. The molecule has 8 aliphatic rings. The fourth-order valence-electron chi connectivity index (χ4n) is 18.1. The van der Waals surface area contributed by atoms with Crippen LogP contribution in [0.1, 0.15) is 164 Å². The fraction of sp³-hybridized carbons (Fsp3) is 0.961. The zero-order chi connectivity index (χ0) is 43.8. The summed E-state index contributed by atoms with van der Waals surface area (Å²) in [6.45, 7) is 14.8. The summed E-state index contributed by atoms with van der Waals surface area (Å²) in [6, 6.07) is 0. The van der Waals surface area contributed by atoms with Crippen molar-refractivity contribution in [2.45, 2.75) is 200 Å². The molecule has 0 aromatic heterocycles. The van der Waals surface area contributed by atoms with Crippen LogP contribution in [0, 0.1) is 92.7 Å². The third-order valence-electron chi connectivity index (χ3n) is 21.7. The Hall–Kier alpha value is -1.30. The number of nitrogens with one attached hydrogen (secondary N) is 2. The van der Waals surface area contributed by atoms with Gasteiger partial charge in [-0.25, -0.2) is 0 Å². The predicted molar refractivity (Wildman–Crippen MR) is 235 cm³/mol. The molecular weight excluding hydrogens is 769 g/mol. The van der Waals surface area contributed by atoms with Crippen LogP contribution in [-0.4, -0.2) is 92.2 Å². The second-order valence-corrected chi connectivity index (χ2v) is 24.1. The highest BCUT2D eigenvalue weighted by atomic mass is 16.3. The van der Waals surface area contributed by atoms with Crippen LogP contribution in [0.2, 0.25) is 0 Å². The van der Waals surface area contributed by atoms with Crippen LogP contribution in [0.3, 0.4) is 0 Å². The van der Waals surface area contributed by atoms with Crippen LogP contribution in [0.5, 0.6) is 0 Å². The Bertz CT molecular complexity index is 1470. The lowest BCUT2D eigenvalue weighted by atomic mass is 9.43. The van der Waals surface area contributed by atoms with Crippen LogP contribution >= 0.6 is 0 Å². The van der Waals surface area contributed by atoms with E-state index in [4.69, 9.17) is 0 Å². The summed E-state index contributed by atoms with van der Waals surface area (Å²) in [5.41, 5.74) is -0.423. The van der Waals surface area contributed by atoms with Crippen LogP contribution in [0.4, 0.5) is 0 Å². The lowest BCUT2D eigenvalue weighted by Gasteiger charge is -2.63. The molecule has 0 heterocycles. The monoisotopic (exact) mass is 855 g/mol. The SMILES string of the molecule is C[C@H](CCC(=O)NCCCNC(=O)CC[C@@H](C)[C@H]1CC[C@H]2[C@@H]3[C@H](O)C[C@@H]4C[C@H](O)CC[C@]4(C)[C@H]3C[C@H](O)[C@]12C)[C@H]1CC[C@H]2[C@@H]3[C@H](O)C[C@@H]4C[C@H](O)CC[C@]4(C)[C@H]3C[C@H](O)[C@]12C. The molecule has 0 bridgehead atoms. The number of hydrogen-bond acceptors (Lipinski definition) is 8. The number of aliphatic hydroxyl groups excluding tert-OH is 6. The van der Waals surface area contributed by atoms with Gasteiger partial charge in [-0.15, -0.1) is 0 Å². The minimum Gasteiger partial charge on any atom is -0.393 e. The average molecular weight is 855 g/mol. The molecule has 348 valence electrons. The fourth-order valence-corrected chi connectivity index (χ4v) is 18.1. The third kappa shape index (κ3) is 7.89. The van der Waals surface area contributed by atoms with Gasteiger partial charge in [-0.05, 0) is 202 Å². The highest BCUT2D eigenvalue weighted by Crippen LogP contribution is 2.70. The third-order valence-corrected chi connectivity index (χ3v) is 21.7. The number of aliphatic hydroxyl groups is 6. The van der Waals surface area contributed by atoms with E-state index < -0.39 is 12.2 Å². The molecule has 8 rings (SSSR count). The summed E-state index contributed by atoms with van der Waals surface area (Å²) < 4.78 is 0. The molecule has 22 atom stereocenters. The molecule has 8 N–H and O–H groups in total. The van der Waals surface area contributed by atoms with Crippen molar-refractivity contribution in [1.82, 2.24) is 10.6 Å². The maximum absolute atomic E-state index is 13.0. The largest absolute Gasteiger partial charge is 0.393 e. The zero-order valence-electron chi connectivity index (χ0n) is 38.7. The van der Waals surface area contributed by atoms with Gasteiger partial charge < -0.3 is 41.3 Å². The first-order chi connectivity index (χ1) is 28.8. The number of carbonyl (C=O) groups is 2. The Morgan fingerprint density at radius 3 is 1.33 bits per heavy atom. The molecule has 0 radical (unpaired) electrons. The van der Waals surface area contributed by atoms with Crippen LogP contribution in [0.15, 0.2) is 0 Å². The molecule has 0 aromatic rings. The Balaban J connectivity index is 0.746. The highest BCUT2D eigenvalue weighted by molar-refractivity contribution is 5.76. The number of hydrogen-bond donors (Lipinski definition) is 8. The summed E-state index contributed by atoms with van der Waals surface area (Å²) >= 11 is 0. The molecule has 0 saturated heterocycles. The van der Waals surface area contributed by atoms with Gasteiger partial charge in [-0.1, -0.05) is 41.5 Å². The molecule has 10 heteroatoms. The molecule has 0 unspecified atom stereocenters. The summed E-state index contributed by atoms with van der Waals surface area (Å²) in [6.07, 6.45) is 13.1. The van der Waals surface area contributed by atoms with E-state index in [0.717, 1.165) is 103 Å². The van der Waals surface area contributed by atoms with E-state index in [9.17, 15) is 40.2 Å². The predicted octanol–water partition coefficient (Wildman–Crippen LogP) is 6.36. The lowest BCUT2D eigenvalue weighted by molar-refractivity contribution is -0.207. The smallest absolute Gasteiger partial charge is 0.220 e.